The Balaban J connectivity index is 1.29. The highest BCUT2D eigenvalue weighted by atomic mass is 19.3. The largest absolute Gasteiger partial charge is 0.444 e. The Kier molecular flexibility index (Phi) is 7.19. The number of likely N-dealkylation sites (tertiary alicyclic amines) is 1. The SMILES string of the molecule is CC(C)(C)OC(=O)N1CC(O)C[C@H]1C(=O)N1CCN(c2cccc(-c3nc4ccccc4n3C(F)F)c2)CC1. The van der Waals surface area contributed by atoms with Crippen molar-refractivity contribution in [2.75, 3.05) is 37.6 Å². The minimum Gasteiger partial charge on any atom is -0.444 e. The van der Waals surface area contributed by atoms with E-state index in [4.69, 9.17) is 4.74 Å². The van der Waals surface area contributed by atoms with Gasteiger partial charge in [-0.05, 0) is 45.0 Å². The molecule has 0 spiro atoms. The lowest BCUT2D eigenvalue weighted by Gasteiger charge is -2.38. The first-order valence-corrected chi connectivity index (χ1v) is 13.1. The number of ether oxygens (including phenoxy) is 1. The quantitative estimate of drug-likeness (QED) is 0.535. The van der Waals surface area contributed by atoms with Crippen LogP contribution in [0.3, 0.4) is 0 Å². The Morgan fingerprint density at radius 1 is 1.05 bits per heavy atom. The van der Waals surface area contributed by atoms with Gasteiger partial charge in [0.25, 0.3) is 0 Å². The van der Waals surface area contributed by atoms with E-state index in [-0.39, 0.29) is 24.7 Å². The van der Waals surface area contributed by atoms with Gasteiger partial charge in [0.05, 0.1) is 23.7 Å². The number of alkyl halides is 2. The van der Waals surface area contributed by atoms with Gasteiger partial charge < -0.3 is 19.6 Å². The summed E-state index contributed by atoms with van der Waals surface area (Å²) in [7, 11) is 0. The third-order valence-electron chi connectivity index (χ3n) is 7.04. The summed E-state index contributed by atoms with van der Waals surface area (Å²) in [5.74, 6) is -0.0136. The number of amides is 2. The van der Waals surface area contributed by atoms with Crippen LogP contribution in [0.5, 0.6) is 0 Å². The summed E-state index contributed by atoms with van der Waals surface area (Å²) < 4.78 is 34.4. The molecule has 2 aliphatic rings. The minimum absolute atomic E-state index is 0.0570. The number of aromatic nitrogens is 2. The van der Waals surface area contributed by atoms with Crippen molar-refractivity contribution < 1.29 is 28.2 Å². The molecule has 0 saturated carbocycles. The number of halogens is 2. The number of fused-ring (bicyclic) bond motifs is 1. The summed E-state index contributed by atoms with van der Waals surface area (Å²) in [6.45, 7) is 4.50. The summed E-state index contributed by atoms with van der Waals surface area (Å²) in [5, 5.41) is 10.2. The van der Waals surface area contributed by atoms with E-state index in [1.54, 1.807) is 56.0 Å². The van der Waals surface area contributed by atoms with E-state index in [2.05, 4.69) is 9.88 Å². The third kappa shape index (κ3) is 5.54. The van der Waals surface area contributed by atoms with Crippen LogP contribution >= 0.6 is 0 Å². The molecular weight excluding hydrogens is 508 g/mol. The van der Waals surface area contributed by atoms with Crippen LogP contribution in [0.1, 0.15) is 33.7 Å². The van der Waals surface area contributed by atoms with E-state index >= 15 is 0 Å². The Bertz CT molecular complexity index is 1360. The predicted octanol–water partition coefficient (Wildman–Crippen LogP) is 4.12. The molecule has 2 fully saturated rings. The number of carbonyl (C=O) groups excluding carboxylic acids is 2. The van der Waals surface area contributed by atoms with Crippen molar-refractivity contribution in [2.45, 2.75) is 51.5 Å². The highest BCUT2D eigenvalue weighted by molar-refractivity contribution is 5.87. The fourth-order valence-electron chi connectivity index (χ4n) is 5.25. The van der Waals surface area contributed by atoms with E-state index in [1.165, 1.54) is 4.90 Å². The molecule has 1 unspecified atom stereocenters. The molecule has 39 heavy (non-hydrogen) atoms. The van der Waals surface area contributed by atoms with Gasteiger partial charge in [0, 0.05) is 43.9 Å². The van der Waals surface area contributed by atoms with Crippen LogP contribution in [0, 0.1) is 0 Å². The first kappa shape index (κ1) is 26.9. The molecule has 9 nitrogen and oxygen atoms in total. The van der Waals surface area contributed by atoms with Crippen LogP contribution in [-0.2, 0) is 9.53 Å². The maximum absolute atomic E-state index is 14.0. The average Bonchev–Trinajstić information content (AvgIpc) is 3.48. The number of imidazole rings is 1. The normalized spacial score (nSPS) is 20.2. The zero-order valence-electron chi connectivity index (χ0n) is 22.3. The van der Waals surface area contributed by atoms with Crippen LogP contribution in [0.4, 0.5) is 19.3 Å². The third-order valence-corrected chi connectivity index (χ3v) is 7.04. The highest BCUT2D eigenvalue weighted by Gasteiger charge is 2.43. The van der Waals surface area contributed by atoms with Crippen molar-refractivity contribution in [3.05, 3.63) is 48.5 Å². The molecule has 2 amide bonds. The van der Waals surface area contributed by atoms with Gasteiger partial charge in [0.2, 0.25) is 5.91 Å². The number of para-hydroxylation sites is 2. The fraction of sp³-hybridized carbons (Fsp3) is 0.464. The number of aliphatic hydroxyl groups excluding tert-OH is 1. The van der Waals surface area contributed by atoms with Gasteiger partial charge >= 0.3 is 12.6 Å². The molecule has 2 aromatic carbocycles. The topological polar surface area (TPSA) is 91.1 Å². The van der Waals surface area contributed by atoms with E-state index in [0.29, 0.717) is 42.8 Å². The number of benzene rings is 2. The zero-order chi connectivity index (χ0) is 27.9. The van der Waals surface area contributed by atoms with Crippen LogP contribution in [0.2, 0.25) is 0 Å². The van der Waals surface area contributed by atoms with Gasteiger partial charge in [0.1, 0.15) is 17.5 Å². The molecule has 2 saturated heterocycles. The Morgan fingerprint density at radius 2 is 1.77 bits per heavy atom. The number of aliphatic hydroxyl groups is 1. The lowest BCUT2D eigenvalue weighted by atomic mass is 10.1. The number of anilines is 1. The van der Waals surface area contributed by atoms with Crippen molar-refractivity contribution in [3.63, 3.8) is 0 Å². The monoisotopic (exact) mass is 541 g/mol. The minimum atomic E-state index is -2.74. The first-order chi connectivity index (χ1) is 18.5. The van der Waals surface area contributed by atoms with Gasteiger partial charge in [-0.15, -0.1) is 0 Å². The molecular formula is C28H33F2N5O4. The molecule has 5 rings (SSSR count). The van der Waals surface area contributed by atoms with Gasteiger partial charge in [-0.1, -0.05) is 24.3 Å². The maximum atomic E-state index is 14.0. The van der Waals surface area contributed by atoms with E-state index < -0.39 is 30.4 Å². The number of hydrogen-bond acceptors (Lipinski definition) is 6. The Hall–Kier alpha value is -3.73. The van der Waals surface area contributed by atoms with Crippen molar-refractivity contribution in [1.82, 2.24) is 19.4 Å². The van der Waals surface area contributed by atoms with Crippen LogP contribution in [0.15, 0.2) is 48.5 Å². The predicted molar refractivity (Wildman–Crippen MR) is 143 cm³/mol. The van der Waals surface area contributed by atoms with E-state index in [0.717, 1.165) is 10.3 Å². The molecule has 0 aliphatic carbocycles. The second-order valence-corrected chi connectivity index (χ2v) is 11.0. The molecule has 0 radical (unpaired) electrons. The van der Waals surface area contributed by atoms with Gasteiger partial charge in [0.15, 0.2) is 0 Å². The fourth-order valence-corrected chi connectivity index (χ4v) is 5.25. The second-order valence-electron chi connectivity index (χ2n) is 11.0. The lowest BCUT2D eigenvalue weighted by Crippen LogP contribution is -2.54. The lowest BCUT2D eigenvalue weighted by molar-refractivity contribution is -0.136. The molecule has 1 aromatic heterocycles. The number of nitrogens with zero attached hydrogens (tertiary/aromatic N) is 5. The number of β-amino-alcohol motifs (C(OH)–C–C–N with tert-alkyl or cyclic N) is 1. The van der Waals surface area contributed by atoms with Crippen LogP contribution < -0.4 is 4.90 Å². The molecule has 11 heteroatoms. The first-order valence-electron chi connectivity index (χ1n) is 13.1. The molecule has 1 N–H and O–H groups in total. The molecule has 208 valence electrons. The molecule has 2 atom stereocenters. The molecule has 0 bridgehead atoms. The van der Waals surface area contributed by atoms with E-state index in [1.807, 2.05) is 18.2 Å². The Labute approximate surface area is 225 Å². The van der Waals surface area contributed by atoms with Crippen LogP contribution in [0.25, 0.3) is 22.4 Å². The maximum Gasteiger partial charge on any atom is 0.411 e. The van der Waals surface area contributed by atoms with Crippen molar-refractivity contribution in [3.8, 4) is 11.4 Å². The number of rotatable bonds is 4. The van der Waals surface area contributed by atoms with Gasteiger partial charge in [-0.25, -0.2) is 9.78 Å². The van der Waals surface area contributed by atoms with Crippen molar-refractivity contribution in [1.29, 1.82) is 0 Å². The van der Waals surface area contributed by atoms with Gasteiger partial charge in [-0.2, -0.15) is 8.78 Å². The summed E-state index contributed by atoms with van der Waals surface area (Å²) in [4.78, 5) is 35.6. The summed E-state index contributed by atoms with van der Waals surface area (Å²) >= 11 is 0. The average molecular weight is 542 g/mol. The number of carbonyl (C=O) groups is 2. The van der Waals surface area contributed by atoms with Crippen molar-refractivity contribution >= 4 is 28.7 Å². The van der Waals surface area contributed by atoms with Crippen LogP contribution in [-0.4, -0.2) is 86.9 Å². The van der Waals surface area contributed by atoms with Gasteiger partial charge in [-0.3, -0.25) is 14.3 Å². The molecule has 3 heterocycles. The summed E-state index contributed by atoms with van der Waals surface area (Å²) in [6.07, 6.45) is -1.22. The van der Waals surface area contributed by atoms with E-state index in [9.17, 15) is 23.5 Å². The summed E-state index contributed by atoms with van der Waals surface area (Å²) in [6, 6.07) is 13.4. The Morgan fingerprint density at radius 3 is 2.46 bits per heavy atom. The molecule has 3 aromatic rings. The number of piperazine rings is 1. The summed E-state index contributed by atoms with van der Waals surface area (Å²) in [5.41, 5.74) is 1.59. The second kappa shape index (κ2) is 10.4. The standard InChI is InChI=1S/C28H33F2N5O4/c1-28(2,3)39-27(38)34-17-20(36)16-23(34)25(37)33-13-11-32(12-14-33)19-8-6-7-18(15-19)24-31-21-9-4-5-10-22(21)35(24)26(29)30/h4-10,15,20,23,26,36H,11-14,16-17H2,1-3H3/t20?,23-/m0/s1. The number of hydrogen-bond donors (Lipinski definition) is 1. The highest BCUT2D eigenvalue weighted by Crippen LogP contribution is 2.32. The van der Waals surface area contributed by atoms with Crippen molar-refractivity contribution in [2.24, 2.45) is 0 Å². The zero-order valence-corrected chi connectivity index (χ0v) is 22.3. The molecule has 2 aliphatic heterocycles. The smallest absolute Gasteiger partial charge is 0.411 e.